The van der Waals surface area contributed by atoms with Crippen molar-refractivity contribution < 1.29 is 17.7 Å². The van der Waals surface area contributed by atoms with Crippen LogP contribution < -0.4 is 5.32 Å². The van der Waals surface area contributed by atoms with Crippen molar-refractivity contribution in [3.8, 4) is 0 Å². The summed E-state index contributed by atoms with van der Waals surface area (Å²) < 4.78 is 44.0. The van der Waals surface area contributed by atoms with Gasteiger partial charge in [-0.15, -0.1) is 24.0 Å². The van der Waals surface area contributed by atoms with Gasteiger partial charge in [0.2, 0.25) is 0 Å². The van der Waals surface area contributed by atoms with E-state index in [0.717, 1.165) is 23.0 Å². The van der Waals surface area contributed by atoms with Crippen LogP contribution in [-0.2, 0) is 0 Å². The molecule has 28 heavy (non-hydrogen) atoms. The minimum Gasteiger partial charge on any atom is -0.361 e. The van der Waals surface area contributed by atoms with E-state index in [-0.39, 0.29) is 29.9 Å². The molecule has 2 rings (SSSR count). The number of aryl methyl sites for hydroxylation is 2. The van der Waals surface area contributed by atoms with E-state index in [0.29, 0.717) is 39.3 Å². The van der Waals surface area contributed by atoms with E-state index in [4.69, 9.17) is 9.52 Å². The lowest BCUT2D eigenvalue weighted by molar-refractivity contribution is -0.181. The molecule has 1 fully saturated rings. The number of guanidine groups is 1. The maximum atomic E-state index is 12.9. The number of aromatic nitrogens is 1. The lowest BCUT2D eigenvalue weighted by Gasteiger charge is -2.39. The fourth-order valence-electron chi connectivity index (χ4n) is 3.46. The van der Waals surface area contributed by atoms with Crippen LogP contribution in [0.25, 0.3) is 0 Å². The van der Waals surface area contributed by atoms with Crippen molar-refractivity contribution in [3.05, 3.63) is 17.0 Å². The fraction of sp³-hybridized carbons (Fsp3) is 0.778. The number of aliphatic imine (C=N–C) groups is 1. The van der Waals surface area contributed by atoms with Gasteiger partial charge in [0, 0.05) is 50.7 Å². The molecular formula is C18H31F3IN5O. The summed E-state index contributed by atoms with van der Waals surface area (Å²) in [5, 5.41) is 7.24. The van der Waals surface area contributed by atoms with Crippen LogP contribution in [0.1, 0.15) is 43.7 Å². The molecule has 0 spiro atoms. The maximum absolute atomic E-state index is 12.9. The average Bonchev–Trinajstić information content (AvgIpc) is 2.95. The molecule has 0 amide bonds. The molecule has 10 heteroatoms. The van der Waals surface area contributed by atoms with Crippen LogP contribution in [0.3, 0.4) is 0 Å². The van der Waals surface area contributed by atoms with Gasteiger partial charge < -0.3 is 14.7 Å². The van der Waals surface area contributed by atoms with Gasteiger partial charge in [0.1, 0.15) is 11.8 Å². The Morgan fingerprint density at radius 3 is 2.29 bits per heavy atom. The van der Waals surface area contributed by atoms with Crippen LogP contribution in [0.4, 0.5) is 13.2 Å². The van der Waals surface area contributed by atoms with E-state index in [9.17, 15) is 13.2 Å². The van der Waals surface area contributed by atoms with Gasteiger partial charge >= 0.3 is 6.18 Å². The number of piperazine rings is 1. The monoisotopic (exact) mass is 517 g/mol. The van der Waals surface area contributed by atoms with Crippen LogP contribution >= 0.6 is 24.0 Å². The standard InChI is InChI=1S/C18H30F3N5O.HI/c1-6-22-17(23-11-12(2)16-13(3)24-27-14(16)4)26-9-7-25(8-10-26)15(5)18(19,20)21;/h12,15H,6-11H2,1-5H3,(H,22,23);1H. The number of halogens is 4. The second-order valence-electron chi connectivity index (χ2n) is 7.07. The van der Waals surface area contributed by atoms with E-state index < -0.39 is 12.2 Å². The molecule has 2 unspecified atom stereocenters. The van der Waals surface area contributed by atoms with Crippen molar-refractivity contribution in [3.63, 3.8) is 0 Å². The molecule has 1 aliphatic rings. The molecular weight excluding hydrogens is 486 g/mol. The minimum absolute atomic E-state index is 0. The van der Waals surface area contributed by atoms with E-state index in [1.165, 1.54) is 11.8 Å². The van der Waals surface area contributed by atoms with E-state index in [2.05, 4.69) is 17.4 Å². The van der Waals surface area contributed by atoms with Crippen molar-refractivity contribution >= 4 is 29.9 Å². The normalized spacial score (nSPS) is 18.6. The zero-order valence-corrected chi connectivity index (χ0v) is 19.5. The molecule has 6 nitrogen and oxygen atoms in total. The summed E-state index contributed by atoms with van der Waals surface area (Å²) in [7, 11) is 0. The van der Waals surface area contributed by atoms with Gasteiger partial charge in [-0.25, -0.2) is 0 Å². The van der Waals surface area contributed by atoms with E-state index >= 15 is 0 Å². The van der Waals surface area contributed by atoms with Crippen molar-refractivity contribution in [2.75, 3.05) is 39.3 Å². The summed E-state index contributed by atoms with van der Waals surface area (Å²) in [4.78, 5) is 8.22. The first-order valence-electron chi connectivity index (χ1n) is 9.41. The lowest BCUT2D eigenvalue weighted by atomic mass is 10.00. The van der Waals surface area contributed by atoms with E-state index in [1.807, 2.05) is 25.7 Å². The molecule has 0 radical (unpaired) electrons. The van der Waals surface area contributed by atoms with Gasteiger partial charge in [-0.3, -0.25) is 9.89 Å². The molecule has 1 aromatic heterocycles. The molecule has 162 valence electrons. The number of hydrogen-bond donors (Lipinski definition) is 1. The Morgan fingerprint density at radius 2 is 1.82 bits per heavy atom. The van der Waals surface area contributed by atoms with Crippen molar-refractivity contribution in [1.29, 1.82) is 0 Å². The topological polar surface area (TPSA) is 56.9 Å². The van der Waals surface area contributed by atoms with Gasteiger partial charge in [-0.2, -0.15) is 13.2 Å². The van der Waals surface area contributed by atoms with E-state index in [1.54, 1.807) is 0 Å². The third kappa shape index (κ3) is 6.23. The Kier molecular flexibility index (Phi) is 9.51. The Balaban J connectivity index is 0.00000392. The second kappa shape index (κ2) is 10.7. The average molecular weight is 517 g/mol. The SMILES string of the molecule is CCNC(=NCC(C)c1c(C)noc1C)N1CCN(C(C)C(F)(F)F)CC1.I. The van der Waals surface area contributed by atoms with Crippen LogP contribution in [0.2, 0.25) is 0 Å². The molecule has 1 N–H and O–H groups in total. The zero-order valence-electron chi connectivity index (χ0n) is 17.1. The van der Waals surface area contributed by atoms with Gasteiger partial charge in [0.05, 0.1) is 5.69 Å². The molecule has 0 aliphatic carbocycles. The number of nitrogens with one attached hydrogen (secondary N) is 1. The third-order valence-electron chi connectivity index (χ3n) is 5.07. The summed E-state index contributed by atoms with van der Waals surface area (Å²) in [6.07, 6.45) is -4.19. The fourth-order valence-corrected chi connectivity index (χ4v) is 3.46. The number of alkyl halides is 3. The van der Waals surface area contributed by atoms with Gasteiger partial charge in [0.15, 0.2) is 5.96 Å². The molecule has 0 bridgehead atoms. The molecule has 1 aliphatic heterocycles. The lowest BCUT2D eigenvalue weighted by Crippen LogP contribution is -2.56. The molecule has 2 atom stereocenters. The molecule has 1 saturated heterocycles. The number of hydrogen-bond acceptors (Lipinski definition) is 4. The highest BCUT2D eigenvalue weighted by molar-refractivity contribution is 14.0. The first kappa shape index (κ1) is 25.0. The molecule has 1 aromatic rings. The Hall–Kier alpha value is -1.04. The van der Waals surface area contributed by atoms with Crippen LogP contribution in [0.15, 0.2) is 9.52 Å². The van der Waals surface area contributed by atoms with Crippen molar-refractivity contribution in [1.82, 2.24) is 20.3 Å². The number of nitrogens with zero attached hydrogens (tertiary/aromatic N) is 4. The summed E-state index contributed by atoms with van der Waals surface area (Å²) in [5.74, 6) is 1.70. The summed E-state index contributed by atoms with van der Waals surface area (Å²) >= 11 is 0. The van der Waals surface area contributed by atoms with Crippen molar-refractivity contribution in [2.45, 2.75) is 52.8 Å². The predicted molar refractivity (Wildman–Crippen MR) is 114 cm³/mol. The highest BCUT2D eigenvalue weighted by Gasteiger charge is 2.41. The van der Waals surface area contributed by atoms with Crippen molar-refractivity contribution in [2.24, 2.45) is 4.99 Å². The van der Waals surface area contributed by atoms with Crippen LogP contribution in [0.5, 0.6) is 0 Å². The first-order chi connectivity index (χ1) is 12.6. The predicted octanol–water partition coefficient (Wildman–Crippen LogP) is 3.55. The highest BCUT2D eigenvalue weighted by atomic mass is 127. The number of rotatable bonds is 5. The quantitative estimate of drug-likeness (QED) is 0.368. The second-order valence-corrected chi connectivity index (χ2v) is 7.07. The zero-order chi connectivity index (χ0) is 20.2. The smallest absolute Gasteiger partial charge is 0.361 e. The van der Waals surface area contributed by atoms with Gasteiger partial charge in [-0.1, -0.05) is 12.1 Å². The molecule has 2 heterocycles. The molecule has 0 aromatic carbocycles. The summed E-state index contributed by atoms with van der Waals surface area (Å²) in [5.41, 5.74) is 1.94. The summed E-state index contributed by atoms with van der Waals surface area (Å²) in [6.45, 7) is 12.1. The van der Waals surface area contributed by atoms with Gasteiger partial charge in [0.25, 0.3) is 0 Å². The van der Waals surface area contributed by atoms with Crippen LogP contribution in [0, 0.1) is 13.8 Å². The van der Waals surface area contributed by atoms with Gasteiger partial charge in [-0.05, 0) is 27.7 Å². The summed E-state index contributed by atoms with van der Waals surface area (Å²) in [6, 6.07) is -1.42. The highest BCUT2D eigenvalue weighted by Crippen LogP contribution is 2.25. The first-order valence-corrected chi connectivity index (χ1v) is 9.41. The minimum atomic E-state index is -4.19. The maximum Gasteiger partial charge on any atom is 0.403 e. The Labute approximate surface area is 181 Å². The Morgan fingerprint density at radius 1 is 1.21 bits per heavy atom. The Bertz CT molecular complexity index is 622. The largest absolute Gasteiger partial charge is 0.403 e. The molecule has 0 saturated carbocycles. The van der Waals surface area contributed by atoms with Crippen LogP contribution in [-0.4, -0.2) is 72.4 Å². The third-order valence-corrected chi connectivity index (χ3v) is 5.07.